The molecule has 0 unspecified atom stereocenters. The molecule has 3 aliphatic rings. The lowest BCUT2D eigenvalue weighted by Crippen LogP contribution is -2.17. The molecular formula is C39H41N7. The van der Waals surface area contributed by atoms with Gasteiger partial charge in [-0.15, -0.1) is 0 Å². The number of hydrogen-bond acceptors (Lipinski definition) is 5. The van der Waals surface area contributed by atoms with Crippen LogP contribution in [0.15, 0.2) is 119 Å². The maximum atomic E-state index is 5.00. The molecule has 4 aromatic rings. The molecule has 0 saturated heterocycles. The fourth-order valence-electron chi connectivity index (χ4n) is 6.53. The van der Waals surface area contributed by atoms with E-state index in [4.69, 9.17) is 10.1 Å². The summed E-state index contributed by atoms with van der Waals surface area (Å²) >= 11 is 0. The highest BCUT2D eigenvalue weighted by Crippen LogP contribution is 2.36. The molecule has 0 fully saturated rings. The smallest absolute Gasteiger partial charge is 0.153 e. The van der Waals surface area contributed by atoms with Crippen LogP contribution in [-0.4, -0.2) is 37.2 Å². The Hall–Kier alpha value is -5.17. The Kier molecular flexibility index (Phi) is 8.38. The van der Waals surface area contributed by atoms with Crippen molar-refractivity contribution in [2.75, 3.05) is 11.9 Å². The second-order valence-electron chi connectivity index (χ2n) is 12.3. The molecule has 1 N–H and O–H groups in total. The number of aryl methyl sites for hydroxylation is 3. The molecule has 7 rings (SSSR count). The summed E-state index contributed by atoms with van der Waals surface area (Å²) in [5.41, 5.74) is 12.6. The summed E-state index contributed by atoms with van der Waals surface area (Å²) in [5, 5.41) is 12.9. The molecule has 0 bridgehead atoms. The lowest BCUT2D eigenvalue weighted by molar-refractivity contribution is 0.376. The van der Waals surface area contributed by atoms with Crippen molar-refractivity contribution < 1.29 is 0 Å². The molecule has 46 heavy (non-hydrogen) atoms. The number of nitrogens with one attached hydrogen (secondary N) is 1. The van der Waals surface area contributed by atoms with E-state index in [9.17, 15) is 0 Å². The molecule has 0 radical (unpaired) electrons. The van der Waals surface area contributed by atoms with Crippen molar-refractivity contribution in [3.05, 3.63) is 148 Å². The van der Waals surface area contributed by atoms with Crippen molar-refractivity contribution >= 4 is 23.2 Å². The van der Waals surface area contributed by atoms with E-state index in [2.05, 4.69) is 120 Å². The number of rotatable bonds is 8. The molecule has 0 atom stereocenters. The summed E-state index contributed by atoms with van der Waals surface area (Å²) in [6, 6.07) is 21.7. The average Bonchev–Trinajstić information content (AvgIpc) is 3.59. The molecule has 4 heterocycles. The van der Waals surface area contributed by atoms with Crippen LogP contribution in [0.1, 0.15) is 60.3 Å². The van der Waals surface area contributed by atoms with Gasteiger partial charge in [-0.05, 0) is 72.6 Å². The highest BCUT2D eigenvalue weighted by Gasteiger charge is 2.25. The van der Waals surface area contributed by atoms with Gasteiger partial charge in [0.15, 0.2) is 5.82 Å². The van der Waals surface area contributed by atoms with Gasteiger partial charge in [-0.1, -0.05) is 78.4 Å². The summed E-state index contributed by atoms with van der Waals surface area (Å²) in [4.78, 5) is 7.27. The molecule has 2 aromatic carbocycles. The van der Waals surface area contributed by atoms with Crippen molar-refractivity contribution in [3.63, 3.8) is 0 Å². The number of allylic oxidation sites excluding steroid dienone is 7. The predicted octanol–water partition coefficient (Wildman–Crippen LogP) is 7.71. The molecule has 0 saturated carbocycles. The monoisotopic (exact) mass is 607 g/mol. The van der Waals surface area contributed by atoms with Crippen LogP contribution in [0.25, 0.3) is 11.1 Å². The van der Waals surface area contributed by atoms with Crippen molar-refractivity contribution in [2.45, 2.75) is 52.6 Å². The average molecular weight is 608 g/mol. The lowest BCUT2D eigenvalue weighted by atomic mass is 9.86. The van der Waals surface area contributed by atoms with Gasteiger partial charge in [0.05, 0.1) is 11.4 Å². The number of fused-ring (bicyclic) bond motifs is 2. The Morgan fingerprint density at radius 1 is 0.935 bits per heavy atom. The summed E-state index contributed by atoms with van der Waals surface area (Å²) in [5.74, 6) is 1.57. The first-order chi connectivity index (χ1) is 22.5. The number of aliphatic imine (C=N–C) groups is 1. The van der Waals surface area contributed by atoms with Crippen LogP contribution in [0.4, 0.5) is 5.82 Å². The molecule has 0 amide bonds. The van der Waals surface area contributed by atoms with Crippen molar-refractivity contribution in [1.82, 2.24) is 24.5 Å². The van der Waals surface area contributed by atoms with Gasteiger partial charge in [0, 0.05) is 63.3 Å². The predicted molar refractivity (Wildman–Crippen MR) is 188 cm³/mol. The summed E-state index contributed by atoms with van der Waals surface area (Å²) in [6.45, 7) is 7.09. The van der Waals surface area contributed by atoms with Gasteiger partial charge < -0.3 is 10.2 Å². The SMILES string of the molecule is CCn1ccc(NC2=C/C=C/C3=C(/C=N\2)CCc2nn(C)c(Cc4cccc(C5=CN(Cc6ccccc6)CCC(C)=C5)c4)c23)n1. The maximum Gasteiger partial charge on any atom is 0.153 e. The maximum absolute atomic E-state index is 5.00. The van der Waals surface area contributed by atoms with Crippen LogP contribution < -0.4 is 5.32 Å². The quantitative estimate of drug-likeness (QED) is 0.223. The second-order valence-corrected chi connectivity index (χ2v) is 12.3. The highest BCUT2D eigenvalue weighted by molar-refractivity contribution is 5.97. The van der Waals surface area contributed by atoms with Crippen molar-refractivity contribution in [2.24, 2.45) is 12.0 Å². The standard InChI is InChI=1S/C39H41N7/c1-4-46-21-19-38(43-46)41-37-15-9-14-34-32(25-40-37)16-17-35-39(34)36(44(3)42-35)24-30-12-8-13-31(23-30)33-22-28(2)18-20-45(27-33)26-29-10-6-5-7-11-29/h5-15,19,21-23,25,27H,4,16-18,20,24,26H2,1-3H3,(H,40,41,43). The first kappa shape index (κ1) is 29.5. The number of benzene rings is 2. The lowest BCUT2D eigenvalue weighted by Gasteiger charge is -2.20. The minimum atomic E-state index is 0.776. The van der Waals surface area contributed by atoms with Crippen LogP contribution in [0, 0.1) is 0 Å². The molecule has 0 spiro atoms. The minimum absolute atomic E-state index is 0.776. The third-order valence-electron chi connectivity index (χ3n) is 8.96. The zero-order valence-corrected chi connectivity index (χ0v) is 26.9. The molecule has 7 nitrogen and oxygen atoms in total. The molecule has 2 aromatic heterocycles. The summed E-state index contributed by atoms with van der Waals surface area (Å²) in [6.07, 6.45) is 18.7. The Labute approximate surface area is 271 Å². The Morgan fingerprint density at radius 2 is 1.80 bits per heavy atom. The zero-order chi connectivity index (χ0) is 31.5. The minimum Gasteiger partial charge on any atom is -0.372 e. The number of nitrogens with zero attached hydrogens (tertiary/aromatic N) is 6. The second kappa shape index (κ2) is 13.1. The van der Waals surface area contributed by atoms with E-state index >= 15 is 0 Å². The number of anilines is 1. The van der Waals surface area contributed by atoms with Crippen LogP contribution >= 0.6 is 0 Å². The molecular weight excluding hydrogens is 566 g/mol. The number of hydrogen-bond donors (Lipinski definition) is 1. The van der Waals surface area contributed by atoms with Crippen LogP contribution in [-0.2, 0) is 33.0 Å². The normalized spacial score (nSPS) is 18.7. The van der Waals surface area contributed by atoms with Crippen molar-refractivity contribution in [3.8, 4) is 0 Å². The fourth-order valence-corrected chi connectivity index (χ4v) is 6.53. The largest absolute Gasteiger partial charge is 0.372 e. The molecule has 7 heteroatoms. The summed E-state index contributed by atoms with van der Waals surface area (Å²) in [7, 11) is 2.08. The van der Waals surface area contributed by atoms with E-state index in [-0.39, 0.29) is 0 Å². The van der Waals surface area contributed by atoms with Gasteiger partial charge in [0.1, 0.15) is 5.82 Å². The van der Waals surface area contributed by atoms with Crippen LogP contribution in [0.2, 0.25) is 0 Å². The van der Waals surface area contributed by atoms with Gasteiger partial charge >= 0.3 is 0 Å². The van der Waals surface area contributed by atoms with E-state index in [1.165, 1.54) is 55.9 Å². The van der Waals surface area contributed by atoms with E-state index in [1.54, 1.807) is 0 Å². The number of aromatic nitrogens is 4. The third-order valence-corrected chi connectivity index (χ3v) is 8.96. The molecule has 1 aliphatic carbocycles. The van der Waals surface area contributed by atoms with Crippen LogP contribution in [0.5, 0.6) is 0 Å². The molecule has 232 valence electrons. The summed E-state index contributed by atoms with van der Waals surface area (Å²) < 4.78 is 3.99. The highest BCUT2D eigenvalue weighted by atomic mass is 15.3. The van der Waals surface area contributed by atoms with Crippen LogP contribution in [0.3, 0.4) is 0 Å². The van der Waals surface area contributed by atoms with E-state index in [0.717, 1.165) is 57.0 Å². The Morgan fingerprint density at radius 3 is 2.65 bits per heavy atom. The Balaban J connectivity index is 1.15. The van der Waals surface area contributed by atoms with E-state index < -0.39 is 0 Å². The van der Waals surface area contributed by atoms with Gasteiger partial charge in [-0.25, -0.2) is 4.99 Å². The van der Waals surface area contributed by atoms with Gasteiger partial charge in [-0.2, -0.15) is 10.2 Å². The van der Waals surface area contributed by atoms with E-state index in [1.807, 2.05) is 29.2 Å². The topological polar surface area (TPSA) is 63.3 Å². The molecule has 2 aliphatic heterocycles. The fraction of sp³-hybridized carbons (Fsp3) is 0.256. The van der Waals surface area contributed by atoms with Crippen molar-refractivity contribution in [1.29, 1.82) is 0 Å². The third kappa shape index (κ3) is 6.45. The zero-order valence-electron chi connectivity index (χ0n) is 26.9. The van der Waals surface area contributed by atoms with Gasteiger partial charge in [-0.3, -0.25) is 9.36 Å². The first-order valence-corrected chi connectivity index (χ1v) is 16.3. The van der Waals surface area contributed by atoms with Gasteiger partial charge in [0.2, 0.25) is 0 Å². The van der Waals surface area contributed by atoms with Gasteiger partial charge in [0.25, 0.3) is 0 Å². The Bertz CT molecular complexity index is 1930. The van der Waals surface area contributed by atoms with E-state index in [0.29, 0.717) is 0 Å². The first-order valence-electron chi connectivity index (χ1n) is 16.3.